The fourth-order valence-corrected chi connectivity index (χ4v) is 2.86. The summed E-state index contributed by atoms with van der Waals surface area (Å²) in [7, 11) is 3.15. The lowest BCUT2D eigenvalue weighted by Crippen LogP contribution is -2.24. The number of amides is 1. The van der Waals surface area contributed by atoms with Crippen LogP contribution in [0.1, 0.15) is 30.1 Å². The van der Waals surface area contributed by atoms with E-state index in [1.807, 2.05) is 34.8 Å². The molecule has 9 heteroatoms. The van der Waals surface area contributed by atoms with Gasteiger partial charge in [-0.1, -0.05) is 12.1 Å². The van der Waals surface area contributed by atoms with Gasteiger partial charge in [0.15, 0.2) is 17.2 Å². The Balaban J connectivity index is 0.000000275. The van der Waals surface area contributed by atoms with E-state index in [9.17, 15) is 4.79 Å². The van der Waals surface area contributed by atoms with Crippen LogP contribution in [0.25, 0.3) is 16.9 Å². The van der Waals surface area contributed by atoms with Crippen LogP contribution >= 0.6 is 0 Å². The van der Waals surface area contributed by atoms with Crippen LogP contribution in [0.5, 0.6) is 5.75 Å². The van der Waals surface area contributed by atoms with Crippen molar-refractivity contribution in [3.8, 4) is 23.1 Å². The Kier molecular flexibility index (Phi) is 6.83. The summed E-state index contributed by atoms with van der Waals surface area (Å²) in [5.41, 5.74) is 3.21. The highest BCUT2D eigenvalue weighted by atomic mass is 16.5. The van der Waals surface area contributed by atoms with Crippen LogP contribution in [-0.4, -0.2) is 53.2 Å². The third-order valence-electron chi connectivity index (χ3n) is 4.50. The number of nitrogens with zero attached hydrogens (tertiary/aromatic N) is 4. The second-order valence-electron chi connectivity index (χ2n) is 6.68. The molecule has 0 spiro atoms. The summed E-state index contributed by atoms with van der Waals surface area (Å²) in [4.78, 5) is 14.3. The monoisotopic (exact) mass is 409 g/mol. The number of hydrogen-bond acceptors (Lipinski definition) is 6. The smallest absolute Gasteiger partial charge is 0.404 e. The largest absolute Gasteiger partial charge is 0.493 e. The molecule has 0 unspecified atom stereocenters. The van der Waals surface area contributed by atoms with Crippen molar-refractivity contribution >= 4 is 11.7 Å². The topological polar surface area (TPSA) is 122 Å². The molecular weight excluding hydrogens is 386 g/mol. The first-order valence-electron chi connectivity index (χ1n) is 9.47. The van der Waals surface area contributed by atoms with Crippen molar-refractivity contribution < 1.29 is 19.4 Å². The zero-order valence-electron chi connectivity index (χ0n) is 16.8. The molecule has 2 N–H and O–H groups in total. The number of carbonyl (C=O) groups is 1. The summed E-state index contributed by atoms with van der Waals surface area (Å²) in [6.45, 7) is 0.776. The van der Waals surface area contributed by atoms with Gasteiger partial charge in [-0.05, 0) is 37.1 Å². The molecule has 2 heterocycles. The lowest BCUT2D eigenvalue weighted by atomic mass is 10.1. The number of methoxy groups -OCH3 is 2. The fourth-order valence-electron chi connectivity index (χ4n) is 2.86. The van der Waals surface area contributed by atoms with Crippen LogP contribution in [-0.2, 0) is 4.74 Å². The zero-order chi connectivity index (χ0) is 21.5. The van der Waals surface area contributed by atoms with E-state index in [1.165, 1.54) is 7.11 Å². The minimum Gasteiger partial charge on any atom is -0.493 e. The minimum absolute atomic E-state index is 0.353. The van der Waals surface area contributed by atoms with Gasteiger partial charge < -0.3 is 19.9 Å². The Morgan fingerprint density at radius 1 is 1.33 bits per heavy atom. The number of ether oxygens (including phenoxy) is 2. The number of benzene rings is 1. The zero-order valence-corrected chi connectivity index (χ0v) is 16.8. The Bertz CT molecular complexity index is 1070. The lowest BCUT2D eigenvalue weighted by molar-refractivity contribution is 0.176. The summed E-state index contributed by atoms with van der Waals surface area (Å²) in [6.07, 6.45) is 1.29. The van der Waals surface area contributed by atoms with E-state index >= 15 is 0 Å². The van der Waals surface area contributed by atoms with Crippen LogP contribution in [0.2, 0.25) is 0 Å². The quantitative estimate of drug-likeness (QED) is 0.600. The number of nitriles is 1. The third-order valence-corrected chi connectivity index (χ3v) is 4.50. The van der Waals surface area contributed by atoms with Crippen LogP contribution < -0.4 is 10.1 Å². The predicted octanol–water partition coefficient (Wildman–Crippen LogP) is 3.05. The molecule has 0 bridgehead atoms. The van der Waals surface area contributed by atoms with Crippen LogP contribution in [0.15, 0.2) is 36.4 Å². The van der Waals surface area contributed by atoms with E-state index in [1.54, 1.807) is 13.2 Å². The normalized spacial score (nSPS) is 12.6. The average molecular weight is 409 g/mol. The van der Waals surface area contributed by atoms with Gasteiger partial charge >= 0.3 is 6.09 Å². The Hall–Kier alpha value is -3.64. The van der Waals surface area contributed by atoms with E-state index in [4.69, 9.17) is 15.1 Å². The Labute approximate surface area is 173 Å². The summed E-state index contributed by atoms with van der Waals surface area (Å²) in [6, 6.07) is 13.5. The number of pyridine rings is 1. The van der Waals surface area contributed by atoms with Gasteiger partial charge in [0.1, 0.15) is 0 Å². The van der Waals surface area contributed by atoms with Crippen molar-refractivity contribution in [3.05, 3.63) is 47.8 Å². The fraction of sp³-hybridized carbons (Fsp3) is 0.333. The van der Waals surface area contributed by atoms with Crippen LogP contribution in [0.4, 0.5) is 4.79 Å². The molecule has 0 atom stereocenters. The molecule has 1 saturated carbocycles. The number of hydrogen-bond donors (Lipinski definition) is 2. The molecule has 1 fully saturated rings. The maximum absolute atomic E-state index is 9.71. The van der Waals surface area contributed by atoms with E-state index in [-0.39, 0.29) is 0 Å². The second kappa shape index (κ2) is 9.71. The van der Waals surface area contributed by atoms with Crippen LogP contribution in [0, 0.1) is 11.3 Å². The maximum Gasteiger partial charge on any atom is 0.404 e. The Morgan fingerprint density at radius 3 is 2.77 bits per heavy atom. The van der Waals surface area contributed by atoms with Crippen molar-refractivity contribution in [2.75, 3.05) is 27.4 Å². The van der Waals surface area contributed by atoms with Gasteiger partial charge in [0.25, 0.3) is 0 Å². The summed E-state index contributed by atoms with van der Waals surface area (Å²) < 4.78 is 11.8. The molecule has 1 aliphatic rings. The van der Waals surface area contributed by atoms with Gasteiger partial charge in [0, 0.05) is 25.1 Å². The maximum atomic E-state index is 9.71. The van der Waals surface area contributed by atoms with Gasteiger partial charge in [-0.15, -0.1) is 0 Å². The third kappa shape index (κ3) is 5.04. The number of carboxylic acid groups (broad SMARTS) is 1. The van der Waals surface area contributed by atoms with E-state index < -0.39 is 6.09 Å². The second-order valence-corrected chi connectivity index (χ2v) is 6.68. The summed E-state index contributed by atoms with van der Waals surface area (Å²) in [5.74, 6) is 2.06. The molecule has 1 amide bonds. The highest BCUT2D eigenvalue weighted by Crippen LogP contribution is 2.39. The van der Waals surface area contributed by atoms with Gasteiger partial charge in [-0.25, -0.2) is 14.3 Å². The van der Waals surface area contributed by atoms with Gasteiger partial charge in [0.05, 0.1) is 31.0 Å². The summed E-state index contributed by atoms with van der Waals surface area (Å²) >= 11 is 0. The molecule has 1 aromatic carbocycles. The van der Waals surface area contributed by atoms with Gasteiger partial charge in [-0.2, -0.15) is 10.4 Å². The molecule has 0 radical (unpaired) electrons. The van der Waals surface area contributed by atoms with Crippen molar-refractivity contribution in [3.63, 3.8) is 0 Å². The SMILES string of the molecule is COCCNC(=O)O.COc1ccc(-c2cccc(C#N)c2)n2nc(C3CC3)nc12. The summed E-state index contributed by atoms with van der Waals surface area (Å²) in [5, 5.41) is 23.9. The number of rotatable bonds is 6. The first-order chi connectivity index (χ1) is 14.6. The van der Waals surface area contributed by atoms with Gasteiger partial charge in [0.2, 0.25) is 0 Å². The van der Waals surface area contributed by atoms with Crippen molar-refractivity contribution in [2.45, 2.75) is 18.8 Å². The van der Waals surface area contributed by atoms with E-state index in [0.29, 0.717) is 30.4 Å². The molecule has 4 rings (SSSR count). The predicted molar refractivity (Wildman–Crippen MR) is 110 cm³/mol. The first kappa shape index (κ1) is 21.1. The van der Waals surface area contributed by atoms with Crippen molar-refractivity contribution in [2.24, 2.45) is 0 Å². The number of nitrogens with one attached hydrogen (secondary N) is 1. The van der Waals surface area contributed by atoms with E-state index in [2.05, 4.69) is 26.2 Å². The Morgan fingerprint density at radius 2 is 2.13 bits per heavy atom. The molecule has 30 heavy (non-hydrogen) atoms. The molecule has 3 aromatic rings. The van der Waals surface area contributed by atoms with Crippen LogP contribution in [0.3, 0.4) is 0 Å². The molecule has 2 aromatic heterocycles. The van der Waals surface area contributed by atoms with E-state index in [0.717, 1.165) is 35.6 Å². The number of aromatic nitrogens is 3. The molecule has 1 aliphatic carbocycles. The van der Waals surface area contributed by atoms with Gasteiger partial charge in [-0.3, -0.25) is 0 Å². The lowest BCUT2D eigenvalue weighted by Gasteiger charge is -2.07. The first-order valence-corrected chi connectivity index (χ1v) is 9.47. The molecule has 9 nitrogen and oxygen atoms in total. The highest BCUT2D eigenvalue weighted by Gasteiger charge is 2.29. The van der Waals surface area contributed by atoms with Crippen molar-refractivity contribution in [1.82, 2.24) is 19.9 Å². The molecular formula is C21H23N5O4. The van der Waals surface area contributed by atoms with Crippen molar-refractivity contribution in [1.29, 1.82) is 5.26 Å². The number of fused-ring (bicyclic) bond motifs is 1. The molecule has 156 valence electrons. The molecule has 0 saturated heterocycles. The minimum atomic E-state index is -1.01. The average Bonchev–Trinajstić information content (AvgIpc) is 3.51. The highest BCUT2D eigenvalue weighted by molar-refractivity contribution is 5.68. The molecule has 0 aliphatic heterocycles. The standard InChI is InChI=1S/C17H14N4O.C4H9NO3/c1-22-15-8-7-14(13-4-2-3-11(9-13)10-18)21-17(15)19-16(20-21)12-5-6-12;1-8-3-2-5-4(6)7/h2-4,7-9,12H,5-6H2,1H3;5H,2-3H2,1H3,(H,6,7).